The number of halogens is 2. The molecule has 0 aliphatic carbocycles. The van der Waals surface area contributed by atoms with Crippen LogP contribution in [0.3, 0.4) is 0 Å². The first-order chi connectivity index (χ1) is 13.0. The summed E-state index contributed by atoms with van der Waals surface area (Å²) < 4.78 is 11.1. The lowest BCUT2D eigenvalue weighted by atomic mass is 9.79. The third-order valence-electron chi connectivity index (χ3n) is 5.48. The van der Waals surface area contributed by atoms with Gasteiger partial charge in [0.25, 0.3) is 0 Å². The van der Waals surface area contributed by atoms with Crippen LogP contribution >= 0.6 is 23.2 Å². The molecular weight excluding hydrogens is 383 g/mol. The molecular formula is C21H22Cl2N2O2. The predicted octanol–water partition coefficient (Wildman–Crippen LogP) is 4.65. The van der Waals surface area contributed by atoms with E-state index in [4.69, 9.17) is 37.7 Å². The average molecular weight is 405 g/mol. The van der Waals surface area contributed by atoms with Crippen molar-refractivity contribution in [3.8, 4) is 11.5 Å². The zero-order valence-corrected chi connectivity index (χ0v) is 17.1. The zero-order valence-electron chi connectivity index (χ0n) is 15.6. The first-order valence-electron chi connectivity index (χ1n) is 9.00. The molecule has 2 aliphatic heterocycles. The van der Waals surface area contributed by atoms with Crippen LogP contribution in [0.2, 0.25) is 10.0 Å². The monoisotopic (exact) mass is 404 g/mol. The standard InChI is InChI=1S/C21H22Cl2N2O2/c1-25-7-6-18-15(11-25)13-9-19(26-2)20(27-3)10-14(13)21(24-18)12-4-5-16(22)17(23)8-12/h4-5,8-10,15,18H,6-7,11H2,1-3H3/t15-,18-/m1/s1. The molecule has 1 saturated heterocycles. The number of piperidine rings is 1. The summed E-state index contributed by atoms with van der Waals surface area (Å²) in [5.41, 5.74) is 4.23. The molecule has 2 atom stereocenters. The van der Waals surface area contributed by atoms with Crippen molar-refractivity contribution < 1.29 is 9.47 Å². The number of hydrogen-bond acceptors (Lipinski definition) is 4. The Bertz CT molecular complexity index is 913. The highest BCUT2D eigenvalue weighted by Gasteiger charge is 2.36. The molecule has 4 nitrogen and oxygen atoms in total. The van der Waals surface area contributed by atoms with Gasteiger partial charge in [-0.25, -0.2) is 0 Å². The number of rotatable bonds is 3. The van der Waals surface area contributed by atoms with Crippen LogP contribution in [0.1, 0.15) is 29.0 Å². The first-order valence-corrected chi connectivity index (χ1v) is 9.75. The van der Waals surface area contributed by atoms with Crippen LogP contribution in [0, 0.1) is 0 Å². The van der Waals surface area contributed by atoms with Gasteiger partial charge in [0.1, 0.15) is 0 Å². The molecule has 2 heterocycles. The normalized spacial score (nSPS) is 21.9. The minimum Gasteiger partial charge on any atom is -0.493 e. The van der Waals surface area contributed by atoms with Crippen molar-refractivity contribution >= 4 is 28.9 Å². The summed E-state index contributed by atoms with van der Waals surface area (Å²) in [5, 5.41) is 1.07. The van der Waals surface area contributed by atoms with Crippen LogP contribution in [0.5, 0.6) is 11.5 Å². The number of likely N-dealkylation sites (N-methyl/N-ethyl adjacent to an activating group) is 1. The molecule has 0 amide bonds. The molecule has 0 spiro atoms. The highest BCUT2D eigenvalue weighted by atomic mass is 35.5. The van der Waals surface area contributed by atoms with Gasteiger partial charge in [-0.2, -0.15) is 0 Å². The molecule has 0 radical (unpaired) electrons. The molecule has 2 aromatic carbocycles. The van der Waals surface area contributed by atoms with Crippen molar-refractivity contribution in [1.29, 1.82) is 0 Å². The number of benzene rings is 2. The quantitative estimate of drug-likeness (QED) is 0.746. The van der Waals surface area contributed by atoms with E-state index in [1.165, 1.54) is 5.56 Å². The number of ether oxygens (including phenoxy) is 2. The van der Waals surface area contributed by atoms with E-state index in [9.17, 15) is 0 Å². The molecule has 0 bridgehead atoms. The number of nitrogens with zero attached hydrogens (tertiary/aromatic N) is 2. The number of methoxy groups -OCH3 is 2. The highest BCUT2D eigenvalue weighted by molar-refractivity contribution is 6.42. The Morgan fingerprint density at radius 2 is 1.78 bits per heavy atom. The molecule has 2 aliphatic rings. The smallest absolute Gasteiger partial charge is 0.161 e. The lowest BCUT2D eigenvalue weighted by molar-refractivity contribution is 0.227. The van der Waals surface area contributed by atoms with Crippen molar-refractivity contribution in [1.82, 2.24) is 4.90 Å². The van der Waals surface area contributed by atoms with Gasteiger partial charge in [0.05, 0.1) is 36.0 Å². The molecule has 142 valence electrons. The first kappa shape index (κ1) is 18.6. The molecule has 1 fully saturated rings. The Hall–Kier alpha value is -1.75. The number of hydrogen-bond donors (Lipinski definition) is 0. The second-order valence-corrected chi connectivity index (χ2v) is 7.94. The summed E-state index contributed by atoms with van der Waals surface area (Å²) >= 11 is 12.4. The Labute approximate surface area is 169 Å². The Morgan fingerprint density at radius 1 is 1.04 bits per heavy atom. The molecule has 0 saturated carbocycles. The van der Waals surface area contributed by atoms with Crippen LogP contribution in [0.4, 0.5) is 0 Å². The molecule has 0 unspecified atom stereocenters. The Morgan fingerprint density at radius 3 is 2.48 bits per heavy atom. The molecule has 0 N–H and O–H groups in total. The van der Waals surface area contributed by atoms with E-state index in [0.29, 0.717) is 21.7 Å². The maximum atomic E-state index is 6.28. The van der Waals surface area contributed by atoms with Gasteiger partial charge in [-0.05, 0) is 49.8 Å². The molecule has 2 aromatic rings. The lowest BCUT2D eigenvalue weighted by Gasteiger charge is -2.39. The van der Waals surface area contributed by atoms with Gasteiger partial charge in [-0.3, -0.25) is 4.99 Å². The Balaban J connectivity index is 1.91. The minimum atomic E-state index is 0.247. The summed E-state index contributed by atoms with van der Waals surface area (Å²) in [7, 11) is 5.49. The largest absolute Gasteiger partial charge is 0.493 e. The number of likely N-dealkylation sites (tertiary alicyclic amines) is 1. The van der Waals surface area contributed by atoms with E-state index in [2.05, 4.69) is 18.0 Å². The third kappa shape index (κ3) is 3.31. The van der Waals surface area contributed by atoms with Gasteiger partial charge in [-0.15, -0.1) is 0 Å². The van der Waals surface area contributed by atoms with Crippen LogP contribution in [-0.4, -0.2) is 51.0 Å². The fourth-order valence-corrected chi connectivity index (χ4v) is 4.38. The maximum Gasteiger partial charge on any atom is 0.161 e. The van der Waals surface area contributed by atoms with Crippen LogP contribution in [0.25, 0.3) is 0 Å². The van der Waals surface area contributed by atoms with Gasteiger partial charge < -0.3 is 14.4 Å². The third-order valence-corrected chi connectivity index (χ3v) is 6.22. The second-order valence-electron chi connectivity index (χ2n) is 7.13. The average Bonchev–Trinajstić information content (AvgIpc) is 2.68. The molecule has 4 rings (SSSR count). The fraction of sp³-hybridized carbons (Fsp3) is 0.381. The highest BCUT2D eigenvalue weighted by Crippen LogP contribution is 2.42. The topological polar surface area (TPSA) is 34.1 Å². The summed E-state index contributed by atoms with van der Waals surface area (Å²) in [6.45, 7) is 2.02. The van der Waals surface area contributed by atoms with Crippen molar-refractivity contribution in [3.63, 3.8) is 0 Å². The van der Waals surface area contributed by atoms with Crippen LogP contribution < -0.4 is 9.47 Å². The number of aliphatic imine (C=N–C) groups is 1. The maximum absolute atomic E-state index is 6.28. The second kappa shape index (κ2) is 7.34. The lowest BCUT2D eigenvalue weighted by Crippen LogP contribution is -2.41. The van der Waals surface area contributed by atoms with E-state index in [1.54, 1.807) is 14.2 Å². The summed E-state index contributed by atoms with van der Waals surface area (Å²) in [5.74, 6) is 1.79. The van der Waals surface area contributed by atoms with Gasteiger partial charge >= 0.3 is 0 Å². The molecule has 0 aromatic heterocycles. The van der Waals surface area contributed by atoms with E-state index in [-0.39, 0.29) is 6.04 Å². The van der Waals surface area contributed by atoms with Gasteiger partial charge in [0, 0.05) is 23.6 Å². The van der Waals surface area contributed by atoms with E-state index < -0.39 is 0 Å². The van der Waals surface area contributed by atoms with Gasteiger partial charge in [0.2, 0.25) is 0 Å². The van der Waals surface area contributed by atoms with Crippen molar-refractivity contribution in [2.45, 2.75) is 18.4 Å². The number of fused-ring (bicyclic) bond motifs is 3. The molecule has 27 heavy (non-hydrogen) atoms. The fourth-order valence-electron chi connectivity index (χ4n) is 4.08. The molecule has 6 heteroatoms. The summed E-state index contributed by atoms with van der Waals surface area (Å²) in [6.07, 6.45) is 1.03. The van der Waals surface area contributed by atoms with Crippen molar-refractivity contribution in [3.05, 3.63) is 57.1 Å². The van der Waals surface area contributed by atoms with Gasteiger partial charge in [-0.1, -0.05) is 29.3 Å². The van der Waals surface area contributed by atoms with Crippen molar-refractivity contribution in [2.75, 3.05) is 34.4 Å². The van der Waals surface area contributed by atoms with E-state index >= 15 is 0 Å². The SMILES string of the molecule is COc1cc2c(cc1OC)[C@H]1CN(C)CC[C@H]1N=C2c1ccc(Cl)c(Cl)c1. The van der Waals surface area contributed by atoms with Crippen LogP contribution in [-0.2, 0) is 0 Å². The predicted molar refractivity (Wildman–Crippen MR) is 110 cm³/mol. The summed E-state index contributed by atoms with van der Waals surface area (Å²) in [6, 6.07) is 10.1. The summed E-state index contributed by atoms with van der Waals surface area (Å²) in [4.78, 5) is 7.51. The zero-order chi connectivity index (χ0) is 19.1. The van der Waals surface area contributed by atoms with E-state index in [1.807, 2.05) is 24.3 Å². The Kier molecular flexibility index (Phi) is 5.06. The van der Waals surface area contributed by atoms with E-state index in [0.717, 1.165) is 42.1 Å². The van der Waals surface area contributed by atoms with Crippen LogP contribution in [0.15, 0.2) is 35.3 Å². The van der Waals surface area contributed by atoms with Gasteiger partial charge in [0.15, 0.2) is 11.5 Å². The minimum absolute atomic E-state index is 0.247. The van der Waals surface area contributed by atoms with Crippen molar-refractivity contribution in [2.24, 2.45) is 4.99 Å².